The third-order valence-corrected chi connectivity index (χ3v) is 3.19. The third kappa shape index (κ3) is 4.73. The Bertz CT molecular complexity index is 489. The van der Waals surface area contributed by atoms with Crippen LogP contribution in [0.5, 0.6) is 0 Å². The number of carboxylic acids is 1. The van der Waals surface area contributed by atoms with E-state index in [1.807, 2.05) is 6.92 Å². The van der Waals surface area contributed by atoms with Crippen molar-refractivity contribution >= 4 is 40.8 Å². The monoisotopic (exact) mass is 303 g/mol. The number of nitrogens with one attached hydrogen (secondary N) is 1. The average Bonchev–Trinajstić information content (AvgIpc) is 2.32. The fraction of sp³-hybridized carbons (Fsp3) is 0.385. The van der Waals surface area contributed by atoms with Gasteiger partial charge < -0.3 is 10.4 Å². The smallest absolute Gasteiger partial charge is 0.337 e. The minimum atomic E-state index is -1.16. The summed E-state index contributed by atoms with van der Waals surface area (Å²) in [4.78, 5) is 22.6. The maximum Gasteiger partial charge on any atom is 0.337 e. The van der Waals surface area contributed by atoms with Crippen LogP contribution in [0.2, 0.25) is 10.0 Å². The van der Waals surface area contributed by atoms with E-state index < -0.39 is 5.97 Å². The van der Waals surface area contributed by atoms with Crippen LogP contribution in [-0.2, 0) is 4.79 Å². The van der Waals surface area contributed by atoms with Gasteiger partial charge in [-0.3, -0.25) is 4.79 Å². The molecule has 1 rings (SSSR count). The molecule has 0 heterocycles. The Morgan fingerprint density at radius 1 is 1.21 bits per heavy atom. The molecule has 0 atom stereocenters. The minimum absolute atomic E-state index is 0.0430. The van der Waals surface area contributed by atoms with E-state index >= 15 is 0 Å². The van der Waals surface area contributed by atoms with Crippen LogP contribution in [-0.4, -0.2) is 17.0 Å². The van der Waals surface area contributed by atoms with E-state index in [2.05, 4.69) is 5.32 Å². The zero-order valence-electron chi connectivity index (χ0n) is 10.5. The van der Waals surface area contributed by atoms with Crippen molar-refractivity contribution in [1.82, 2.24) is 0 Å². The van der Waals surface area contributed by atoms with Crippen LogP contribution in [0.25, 0.3) is 0 Å². The molecule has 0 saturated heterocycles. The summed E-state index contributed by atoms with van der Waals surface area (Å²) in [6.45, 7) is 2.05. The highest BCUT2D eigenvalue weighted by Gasteiger charge is 2.14. The van der Waals surface area contributed by atoms with Gasteiger partial charge in [-0.1, -0.05) is 43.0 Å². The van der Waals surface area contributed by atoms with Gasteiger partial charge in [0.15, 0.2) is 0 Å². The number of benzene rings is 1. The second kappa shape index (κ2) is 7.36. The standard InChI is InChI=1S/C13H15Cl2NO3/c1-2-3-4-5-12(17)16-11-6-8(13(18)19)9(14)7-10(11)15/h6-7H,2-5H2,1H3,(H,16,17)(H,18,19). The molecule has 0 aromatic heterocycles. The summed E-state index contributed by atoms with van der Waals surface area (Å²) < 4.78 is 0. The SMILES string of the molecule is CCCCCC(=O)Nc1cc(C(=O)O)c(Cl)cc1Cl. The quantitative estimate of drug-likeness (QED) is 0.774. The van der Waals surface area contributed by atoms with Gasteiger partial charge in [-0.25, -0.2) is 4.79 Å². The van der Waals surface area contributed by atoms with Crippen molar-refractivity contribution in [2.45, 2.75) is 32.6 Å². The summed E-state index contributed by atoms with van der Waals surface area (Å²) in [5.74, 6) is -1.35. The molecular formula is C13H15Cl2NO3. The third-order valence-electron chi connectivity index (χ3n) is 2.57. The Morgan fingerprint density at radius 3 is 2.47 bits per heavy atom. The van der Waals surface area contributed by atoms with Gasteiger partial charge in [0.25, 0.3) is 0 Å². The van der Waals surface area contributed by atoms with Gasteiger partial charge in [0, 0.05) is 6.42 Å². The number of aromatic carboxylic acids is 1. The van der Waals surface area contributed by atoms with Crippen molar-refractivity contribution in [3.8, 4) is 0 Å². The molecule has 0 radical (unpaired) electrons. The number of carbonyl (C=O) groups excluding carboxylic acids is 1. The van der Waals surface area contributed by atoms with Crippen LogP contribution in [0.3, 0.4) is 0 Å². The van der Waals surface area contributed by atoms with Crippen molar-refractivity contribution in [2.24, 2.45) is 0 Å². The Hall–Kier alpha value is -1.26. The van der Waals surface area contributed by atoms with Gasteiger partial charge in [0.05, 0.1) is 21.3 Å². The lowest BCUT2D eigenvalue weighted by molar-refractivity contribution is -0.116. The van der Waals surface area contributed by atoms with Crippen LogP contribution in [0.1, 0.15) is 43.0 Å². The van der Waals surface area contributed by atoms with E-state index in [4.69, 9.17) is 28.3 Å². The largest absolute Gasteiger partial charge is 0.478 e. The summed E-state index contributed by atoms with van der Waals surface area (Å²) in [7, 11) is 0. The zero-order chi connectivity index (χ0) is 14.4. The van der Waals surface area contributed by atoms with Gasteiger partial charge in [0.2, 0.25) is 5.91 Å². The van der Waals surface area contributed by atoms with Crippen LogP contribution in [0.4, 0.5) is 5.69 Å². The molecule has 1 aromatic rings. The van der Waals surface area contributed by atoms with Crippen LogP contribution in [0, 0.1) is 0 Å². The molecular weight excluding hydrogens is 289 g/mol. The Labute approximate surface area is 121 Å². The molecule has 6 heteroatoms. The van der Waals surface area contributed by atoms with Gasteiger partial charge in [0.1, 0.15) is 0 Å². The fourth-order valence-corrected chi connectivity index (χ4v) is 2.07. The molecule has 0 bridgehead atoms. The molecule has 0 aliphatic carbocycles. The number of halogens is 2. The summed E-state index contributed by atoms with van der Waals surface area (Å²) in [5.41, 5.74) is 0.180. The summed E-state index contributed by atoms with van der Waals surface area (Å²) in [6.07, 6.45) is 3.18. The molecule has 2 N–H and O–H groups in total. The predicted molar refractivity (Wildman–Crippen MR) is 76.2 cm³/mol. The van der Waals surface area contributed by atoms with E-state index in [1.54, 1.807) is 0 Å². The van der Waals surface area contributed by atoms with Gasteiger partial charge in [-0.2, -0.15) is 0 Å². The summed E-state index contributed by atoms with van der Waals surface area (Å²) >= 11 is 11.7. The molecule has 4 nitrogen and oxygen atoms in total. The fourth-order valence-electron chi connectivity index (χ4n) is 1.56. The van der Waals surface area contributed by atoms with Gasteiger partial charge >= 0.3 is 5.97 Å². The molecule has 1 aromatic carbocycles. The van der Waals surface area contributed by atoms with Gasteiger partial charge in [-0.15, -0.1) is 0 Å². The second-order valence-electron chi connectivity index (χ2n) is 4.12. The Balaban J connectivity index is 2.80. The number of hydrogen-bond acceptors (Lipinski definition) is 2. The number of hydrogen-bond donors (Lipinski definition) is 2. The number of anilines is 1. The Morgan fingerprint density at radius 2 is 1.89 bits per heavy atom. The van der Waals surface area contributed by atoms with Crippen LogP contribution < -0.4 is 5.32 Å². The molecule has 0 fully saturated rings. The maximum absolute atomic E-state index is 11.7. The van der Waals surface area contributed by atoms with Gasteiger partial charge in [-0.05, 0) is 18.6 Å². The molecule has 19 heavy (non-hydrogen) atoms. The van der Waals surface area contributed by atoms with Crippen molar-refractivity contribution in [2.75, 3.05) is 5.32 Å². The normalized spacial score (nSPS) is 10.3. The first kappa shape index (κ1) is 15.8. The zero-order valence-corrected chi connectivity index (χ0v) is 12.0. The first-order valence-corrected chi connectivity index (χ1v) is 6.73. The van der Waals surface area contributed by atoms with E-state index in [1.165, 1.54) is 12.1 Å². The molecule has 0 aliphatic heterocycles. The highest BCUT2D eigenvalue weighted by Crippen LogP contribution is 2.29. The Kier molecular flexibility index (Phi) is 6.12. The highest BCUT2D eigenvalue weighted by atomic mass is 35.5. The van der Waals surface area contributed by atoms with E-state index in [9.17, 15) is 9.59 Å². The number of carbonyl (C=O) groups is 2. The van der Waals surface area contributed by atoms with Crippen molar-refractivity contribution < 1.29 is 14.7 Å². The predicted octanol–water partition coefficient (Wildman–Crippen LogP) is 4.21. The average molecular weight is 304 g/mol. The topological polar surface area (TPSA) is 66.4 Å². The first-order valence-electron chi connectivity index (χ1n) is 5.98. The van der Waals surface area contributed by atoms with Crippen molar-refractivity contribution in [3.63, 3.8) is 0 Å². The number of rotatable bonds is 6. The summed E-state index contributed by atoms with van der Waals surface area (Å²) in [5, 5.41) is 11.8. The molecule has 0 unspecified atom stereocenters. The lowest BCUT2D eigenvalue weighted by atomic mass is 10.1. The van der Waals surface area contributed by atoms with E-state index in [0.29, 0.717) is 6.42 Å². The molecule has 1 amide bonds. The van der Waals surface area contributed by atoms with Crippen molar-refractivity contribution in [3.05, 3.63) is 27.7 Å². The number of unbranched alkanes of at least 4 members (excludes halogenated alkanes) is 2. The lowest BCUT2D eigenvalue weighted by Gasteiger charge is -2.09. The van der Waals surface area contributed by atoms with E-state index in [0.717, 1.165) is 19.3 Å². The first-order chi connectivity index (χ1) is 8.95. The molecule has 0 aliphatic rings. The molecule has 0 saturated carbocycles. The molecule has 104 valence electrons. The van der Waals surface area contributed by atoms with E-state index in [-0.39, 0.29) is 27.2 Å². The lowest BCUT2D eigenvalue weighted by Crippen LogP contribution is -2.12. The molecule has 0 spiro atoms. The van der Waals surface area contributed by atoms with Crippen LogP contribution >= 0.6 is 23.2 Å². The number of amides is 1. The van der Waals surface area contributed by atoms with Crippen molar-refractivity contribution in [1.29, 1.82) is 0 Å². The highest BCUT2D eigenvalue weighted by molar-refractivity contribution is 6.38. The summed E-state index contributed by atoms with van der Waals surface area (Å²) in [6, 6.07) is 2.58. The second-order valence-corrected chi connectivity index (χ2v) is 4.94. The van der Waals surface area contributed by atoms with Crippen LogP contribution in [0.15, 0.2) is 12.1 Å². The minimum Gasteiger partial charge on any atom is -0.478 e. The number of carboxylic acid groups (broad SMARTS) is 1. The maximum atomic E-state index is 11.7.